The van der Waals surface area contributed by atoms with E-state index in [-0.39, 0.29) is 12.8 Å². The lowest BCUT2D eigenvalue weighted by Gasteiger charge is -2.28. The Labute approximate surface area is 196 Å². The normalized spacial score (nSPS) is 17.9. The molecule has 12 heteroatoms. The monoisotopic (exact) mass is 478 g/mol. The molecule has 0 bridgehead atoms. The van der Waals surface area contributed by atoms with Gasteiger partial charge in [-0.25, -0.2) is 4.79 Å². The van der Waals surface area contributed by atoms with Crippen molar-refractivity contribution in [3.05, 3.63) is 35.9 Å². The van der Waals surface area contributed by atoms with Crippen molar-refractivity contribution in [1.29, 1.82) is 0 Å². The second-order valence-corrected chi connectivity index (χ2v) is 8.06. The van der Waals surface area contributed by atoms with Crippen LogP contribution in [0.2, 0.25) is 0 Å². The lowest BCUT2D eigenvalue weighted by atomic mass is 10.0. The SMILES string of the molecule is NC(Cc1ccccc1)C(=O)N1CCCC1C(=O)NC(CCC(=O)O)C(=O)NC(CO)C(=O)O. The number of nitrogens with two attached hydrogens (primary N) is 1. The van der Waals surface area contributed by atoms with E-state index in [1.54, 1.807) is 0 Å². The predicted molar refractivity (Wildman–Crippen MR) is 118 cm³/mol. The van der Waals surface area contributed by atoms with Crippen LogP contribution in [0.25, 0.3) is 0 Å². The maximum atomic E-state index is 13.0. The van der Waals surface area contributed by atoms with Crippen LogP contribution in [0.15, 0.2) is 30.3 Å². The van der Waals surface area contributed by atoms with Crippen molar-refractivity contribution in [2.24, 2.45) is 5.73 Å². The van der Waals surface area contributed by atoms with Crippen LogP contribution in [0.4, 0.5) is 0 Å². The number of nitrogens with one attached hydrogen (secondary N) is 2. The molecule has 1 aliphatic heterocycles. The number of amides is 3. The van der Waals surface area contributed by atoms with E-state index in [1.807, 2.05) is 30.3 Å². The first-order valence-corrected chi connectivity index (χ1v) is 10.9. The van der Waals surface area contributed by atoms with E-state index in [0.717, 1.165) is 5.56 Å². The Morgan fingerprint density at radius 3 is 2.32 bits per heavy atom. The standard InChI is InChI=1S/C22H30N4O8/c23-14(11-13-5-2-1-3-6-13)21(32)26-10-4-7-17(26)20(31)24-15(8-9-18(28)29)19(30)25-16(12-27)22(33)34/h1-3,5-6,14-17,27H,4,7-12,23H2,(H,24,31)(H,25,30)(H,28,29)(H,33,34). The molecule has 7 N–H and O–H groups in total. The fourth-order valence-electron chi connectivity index (χ4n) is 3.73. The summed E-state index contributed by atoms with van der Waals surface area (Å²) in [7, 11) is 0. The van der Waals surface area contributed by atoms with Gasteiger partial charge in [-0.1, -0.05) is 30.3 Å². The zero-order chi connectivity index (χ0) is 25.3. The molecule has 0 aromatic heterocycles. The van der Waals surface area contributed by atoms with E-state index < -0.39 is 66.9 Å². The van der Waals surface area contributed by atoms with E-state index in [9.17, 15) is 24.0 Å². The van der Waals surface area contributed by atoms with Crippen LogP contribution in [0, 0.1) is 0 Å². The highest BCUT2D eigenvalue weighted by Gasteiger charge is 2.38. The predicted octanol–water partition coefficient (Wildman–Crippen LogP) is -1.54. The van der Waals surface area contributed by atoms with Crippen molar-refractivity contribution in [2.45, 2.75) is 56.3 Å². The molecule has 2 rings (SSSR count). The number of carbonyl (C=O) groups excluding carboxylic acids is 3. The minimum absolute atomic E-state index is 0.284. The summed E-state index contributed by atoms with van der Waals surface area (Å²) in [6, 6.07) is 4.41. The summed E-state index contributed by atoms with van der Waals surface area (Å²) in [6.45, 7) is -0.581. The summed E-state index contributed by atoms with van der Waals surface area (Å²) in [5, 5.41) is 31.6. The van der Waals surface area contributed by atoms with E-state index in [0.29, 0.717) is 19.4 Å². The number of benzene rings is 1. The molecule has 0 saturated carbocycles. The average molecular weight is 479 g/mol. The molecule has 3 amide bonds. The van der Waals surface area contributed by atoms with E-state index in [2.05, 4.69) is 10.6 Å². The molecule has 0 spiro atoms. The second kappa shape index (κ2) is 12.7. The Kier molecular flexibility index (Phi) is 9.95. The van der Waals surface area contributed by atoms with Gasteiger partial charge in [0.1, 0.15) is 18.1 Å². The number of rotatable bonds is 12. The van der Waals surface area contributed by atoms with Crippen molar-refractivity contribution in [1.82, 2.24) is 15.5 Å². The summed E-state index contributed by atoms with van der Waals surface area (Å²) >= 11 is 0. The molecule has 1 aromatic carbocycles. The van der Waals surface area contributed by atoms with Gasteiger partial charge in [-0.15, -0.1) is 0 Å². The summed E-state index contributed by atoms with van der Waals surface area (Å²) in [4.78, 5) is 61.8. The second-order valence-electron chi connectivity index (χ2n) is 8.06. The summed E-state index contributed by atoms with van der Waals surface area (Å²) < 4.78 is 0. The van der Waals surface area contributed by atoms with Gasteiger partial charge < -0.3 is 36.6 Å². The molecule has 1 heterocycles. The van der Waals surface area contributed by atoms with Crippen LogP contribution in [0.5, 0.6) is 0 Å². The molecule has 4 unspecified atom stereocenters. The van der Waals surface area contributed by atoms with Gasteiger partial charge in [0.2, 0.25) is 17.7 Å². The number of carboxylic acid groups (broad SMARTS) is 2. The summed E-state index contributed by atoms with van der Waals surface area (Å²) in [5.74, 6) is -4.74. The van der Waals surface area contributed by atoms with Gasteiger partial charge in [-0.3, -0.25) is 19.2 Å². The first kappa shape index (κ1) is 26.7. The molecule has 12 nitrogen and oxygen atoms in total. The maximum Gasteiger partial charge on any atom is 0.328 e. The minimum Gasteiger partial charge on any atom is -0.481 e. The van der Waals surface area contributed by atoms with Crippen molar-refractivity contribution >= 4 is 29.7 Å². The molecule has 1 fully saturated rings. The van der Waals surface area contributed by atoms with Gasteiger partial charge in [0, 0.05) is 13.0 Å². The van der Waals surface area contributed by atoms with Gasteiger partial charge in [-0.2, -0.15) is 0 Å². The van der Waals surface area contributed by atoms with E-state index >= 15 is 0 Å². The van der Waals surface area contributed by atoms with Crippen LogP contribution in [-0.2, 0) is 30.4 Å². The Morgan fingerprint density at radius 1 is 1.06 bits per heavy atom. The van der Waals surface area contributed by atoms with Crippen LogP contribution < -0.4 is 16.4 Å². The zero-order valence-electron chi connectivity index (χ0n) is 18.6. The van der Waals surface area contributed by atoms with Crippen LogP contribution in [0.3, 0.4) is 0 Å². The van der Waals surface area contributed by atoms with Crippen molar-refractivity contribution < 1.29 is 39.3 Å². The molecule has 34 heavy (non-hydrogen) atoms. The number of carboxylic acids is 2. The number of likely N-dealkylation sites (tertiary alicyclic amines) is 1. The Bertz CT molecular complexity index is 894. The first-order chi connectivity index (χ1) is 16.1. The highest BCUT2D eigenvalue weighted by molar-refractivity contribution is 5.94. The summed E-state index contributed by atoms with van der Waals surface area (Å²) in [5.41, 5.74) is 6.96. The smallest absolute Gasteiger partial charge is 0.328 e. The molecule has 0 aliphatic carbocycles. The summed E-state index contributed by atoms with van der Waals surface area (Å²) in [6.07, 6.45) is 0.381. The van der Waals surface area contributed by atoms with Crippen molar-refractivity contribution in [3.63, 3.8) is 0 Å². The minimum atomic E-state index is -1.61. The van der Waals surface area contributed by atoms with Crippen LogP contribution in [-0.4, -0.2) is 87.2 Å². The topological polar surface area (TPSA) is 199 Å². The number of hydrogen-bond acceptors (Lipinski definition) is 7. The number of aliphatic carboxylic acids is 2. The highest BCUT2D eigenvalue weighted by atomic mass is 16.4. The largest absolute Gasteiger partial charge is 0.481 e. The lowest BCUT2D eigenvalue weighted by Crippen LogP contribution is -2.57. The molecule has 0 radical (unpaired) electrons. The fourth-order valence-corrected chi connectivity index (χ4v) is 3.73. The maximum absolute atomic E-state index is 13.0. The quantitative estimate of drug-likeness (QED) is 0.206. The molecule has 186 valence electrons. The third-order valence-corrected chi connectivity index (χ3v) is 5.53. The Balaban J connectivity index is 2.08. The van der Waals surface area contributed by atoms with Crippen LogP contribution >= 0.6 is 0 Å². The van der Waals surface area contributed by atoms with Gasteiger partial charge >= 0.3 is 11.9 Å². The number of aliphatic hydroxyl groups is 1. The van der Waals surface area contributed by atoms with Gasteiger partial charge in [0.05, 0.1) is 12.6 Å². The number of hydrogen-bond donors (Lipinski definition) is 6. The molecule has 1 aromatic rings. The molecule has 1 aliphatic rings. The molecular formula is C22H30N4O8. The van der Waals surface area contributed by atoms with Crippen LogP contribution in [0.1, 0.15) is 31.2 Å². The molecular weight excluding hydrogens is 448 g/mol. The molecule has 1 saturated heterocycles. The van der Waals surface area contributed by atoms with Gasteiger partial charge in [-0.05, 0) is 31.2 Å². The van der Waals surface area contributed by atoms with Gasteiger partial charge in [0.15, 0.2) is 0 Å². The van der Waals surface area contributed by atoms with Crippen molar-refractivity contribution in [2.75, 3.05) is 13.2 Å². The molecule has 4 atom stereocenters. The van der Waals surface area contributed by atoms with Gasteiger partial charge in [0.25, 0.3) is 0 Å². The van der Waals surface area contributed by atoms with E-state index in [1.165, 1.54) is 4.90 Å². The first-order valence-electron chi connectivity index (χ1n) is 10.9. The number of aliphatic hydroxyl groups excluding tert-OH is 1. The van der Waals surface area contributed by atoms with E-state index in [4.69, 9.17) is 21.1 Å². The fraction of sp³-hybridized carbons (Fsp3) is 0.500. The Hall–Kier alpha value is -3.51. The Morgan fingerprint density at radius 2 is 1.74 bits per heavy atom. The number of nitrogens with zero attached hydrogens (tertiary/aromatic N) is 1. The highest BCUT2D eigenvalue weighted by Crippen LogP contribution is 2.19. The third-order valence-electron chi connectivity index (χ3n) is 5.53. The lowest BCUT2D eigenvalue weighted by molar-refractivity contribution is -0.144. The van der Waals surface area contributed by atoms with Crippen molar-refractivity contribution in [3.8, 4) is 0 Å². The zero-order valence-corrected chi connectivity index (χ0v) is 18.6. The number of carbonyl (C=O) groups is 5. The average Bonchev–Trinajstić information content (AvgIpc) is 3.29. The third kappa shape index (κ3) is 7.52.